The van der Waals surface area contributed by atoms with E-state index in [1.165, 1.54) is 25.4 Å². The number of methoxy groups -OCH3 is 1. The number of carboxylic acid groups (broad SMARTS) is 1. The quantitative estimate of drug-likeness (QED) is 0.550. The summed E-state index contributed by atoms with van der Waals surface area (Å²) in [7, 11) is 1.29. The summed E-state index contributed by atoms with van der Waals surface area (Å²) in [6, 6.07) is 2.67. The van der Waals surface area contributed by atoms with Crippen LogP contribution in [0, 0.1) is 10.1 Å². The summed E-state index contributed by atoms with van der Waals surface area (Å²) >= 11 is 0. The molecule has 0 amide bonds. The van der Waals surface area contributed by atoms with Crippen LogP contribution >= 0.6 is 0 Å². The fourth-order valence-corrected chi connectivity index (χ4v) is 1.08. The summed E-state index contributed by atoms with van der Waals surface area (Å²) in [6.07, 6.45) is 0.275. The van der Waals surface area contributed by atoms with Crippen LogP contribution in [-0.2, 0) is 9.53 Å². The molecule has 8 heteroatoms. The zero-order valence-corrected chi connectivity index (χ0v) is 8.99. The fourth-order valence-electron chi connectivity index (χ4n) is 1.08. The number of nitro groups is 1. The minimum Gasteiger partial charge on any atom is -0.479 e. The molecule has 0 saturated heterocycles. The zero-order chi connectivity index (χ0) is 12.8. The van der Waals surface area contributed by atoms with E-state index in [4.69, 9.17) is 9.84 Å². The van der Waals surface area contributed by atoms with Crippen LogP contribution in [0.1, 0.15) is 0 Å². The van der Waals surface area contributed by atoms with Gasteiger partial charge in [0.2, 0.25) is 0 Å². The van der Waals surface area contributed by atoms with Gasteiger partial charge in [0.25, 0.3) is 0 Å². The number of hydrogen-bond donors (Lipinski definition) is 2. The third-order valence-electron chi connectivity index (χ3n) is 1.99. The molecule has 1 aromatic heterocycles. The van der Waals surface area contributed by atoms with Gasteiger partial charge in [-0.3, -0.25) is 0 Å². The van der Waals surface area contributed by atoms with E-state index in [9.17, 15) is 14.9 Å². The van der Waals surface area contributed by atoms with Crippen LogP contribution in [0.15, 0.2) is 18.3 Å². The number of aromatic nitrogens is 1. The standard InChI is InChI=1S/C9H11N3O5/c1-17-7(9(13)14)5-10-6-2-3-8(11-4-6)12(15)16/h2-4,7,10H,5H2,1H3,(H,13,14). The highest BCUT2D eigenvalue weighted by molar-refractivity contribution is 5.73. The summed E-state index contributed by atoms with van der Waals surface area (Å²) in [5.74, 6) is -1.35. The van der Waals surface area contributed by atoms with Crippen molar-refractivity contribution in [3.63, 3.8) is 0 Å². The zero-order valence-electron chi connectivity index (χ0n) is 8.99. The number of nitrogens with zero attached hydrogens (tertiary/aromatic N) is 2. The van der Waals surface area contributed by atoms with Crippen molar-refractivity contribution in [1.29, 1.82) is 0 Å². The second-order valence-corrected chi connectivity index (χ2v) is 3.11. The maximum absolute atomic E-state index is 10.6. The molecule has 0 radical (unpaired) electrons. The smallest absolute Gasteiger partial charge is 0.363 e. The lowest BCUT2D eigenvalue weighted by molar-refractivity contribution is -0.389. The minimum atomic E-state index is -1.09. The third-order valence-corrected chi connectivity index (χ3v) is 1.99. The van der Waals surface area contributed by atoms with Gasteiger partial charge in [-0.2, -0.15) is 0 Å². The van der Waals surface area contributed by atoms with Gasteiger partial charge in [-0.1, -0.05) is 0 Å². The Morgan fingerprint density at radius 2 is 2.41 bits per heavy atom. The van der Waals surface area contributed by atoms with Crippen molar-refractivity contribution in [2.24, 2.45) is 0 Å². The van der Waals surface area contributed by atoms with Crippen LogP contribution in [-0.4, -0.2) is 40.7 Å². The topological polar surface area (TPSA) is 115 Å². The van der Waals surface area contributed by atoms with E-state index < -0.39 is 17.0 Å². The van der Waals surface area contributed by atoms with Crippen molar-refractivity contribution < 1.29 is 19.6 Å². The highest BCUT2D eigenvalue weighted by atomic mass is 16.6. The first-order valence-corrected chi connectivity index (χ1v) is 4.64. The molecular weight excluding hydrogens is 230 g/mol. The molecule has 0 aliphatic carbocycles. The van der Waals surface area contributed by atoms with E-state index in [-0.39, 0.29) is 12.4 Å². The van der Waals surface area contributed by atoms with Gasteiger partial charge in [0, 0.05) is 13.2 Å². The summed E-state index contributed by atoms with van der Waals surface area (Å²) in [5.41, 5.74) is 0.485. The molecule has 0 spiro atoms. The van der Waals surface area contributed by atoms with Crippen molar-refractivity contribution in [1.82, 2.24) is 4.98 Å². The Hall–Kier alpha value is -2.22. The second kappa shape index (κ2) is 5.75. The third kappa shape index (κ3) is 3.68. The number of carbonyl (C=O) groups is 1. The predicted molar refractivity (Wildman–Crippen MR) is 57.8 cm³/mol. The lowest BCUT2D eigenvalue weighted by Gasteiger charge is -2.11. The van der Waals surface area contributed by atoms with Gasteiger partial charge in [0.1, 0.15) is 0 Å². The average molecular weight is 241 g/mol. The Bertz CT molecular complexity index is 406. The maximum Gasteiger partial charge on any atom is 0.363 e. The summed E-state index contributed by atoms with van der Waals surface area (Å²) in [5, 5.41) is 21.8. The molecule has 0 aromatic carbocycles. The summed E-state index contributed by atoms with van der Waals surface area (Å²) in [4.78, 5) is 23.9. The second-order valence-electron chi connectivity index (χ2n) is 3.11. The summed E-state index contributed by atoms with van der Waals surface area (Å²) in [6.45, 7) is 0.0469. The van der Waals surface area contributed by atoms with Gasteiger partial charge in [-0.25, -0.2) is 4.79 Å². The van der Waals surface area contributed by atoms with Gasteiger partial charge in [0.15, 0.2) is 12.3 Å². The van der Waals surface area contributed by atoms with E-state index in [0.29, 0.717) is 5.69 Å². The predicted octanol–water partition coefficient (Wildman–Crippen LogP) is 0.501. The number of pyridine rings is 1. The van der Waals surface area contributed by atoms with Crippen LogP contribution < -0.4 is 5.32 Å². The summed E-state index contributed by atoms with van der Waals surface area (Å²) < 4.78 is 4.70. The van der Waals surface area contributed by atoms with Crippen molar-refractivity contribution in [3.8, 4) is 0 Å². The molecule has 1 rings (SSSR count). The minimum absolute atomic E-state index is 0.0469. The van der Waals surface area contributed by atoms with Gasteiger partial charge in [-0.05, 0) is 16.0 Å². The molecule has 8 nitrogen and oxygen atoms in total. The molecule has 1 heterocycles. The van der Waals surface area contributed by atoms with Crippen LogP contribution in [0.3, 0.4) is 0 Å². The van der Waals surface area contributed by atoms with Crippen molar-refractivity contribution in [2.45, 2.75) is 6.10 Å². The number of nitrogens with one attached hydrogen (secondary N) is 1. The maximum atomic E-state index is 10.6. The van der Waals surface area contributed by atoms with Crippen molar-refractivity contribution in [3.05, 3.63) is 28.4 Å². The van der Waals surface area contributed by atoms with Gasteiger partial charge < -0.3 is 25.3 Å². The number of rotatable bonds is 6. The molecule has 1 atom stereocenters. The Morgan fingerprint density at radius 1 is 1.71 bits per heavy atom. The molecule has 92 valence electrons. The van der Waals surface area contributed by atoms with Crippen LogP contribution in [0.4, 0.5) is 11.5 Å². The molecule has 0 saturated carbocycles. The van der Waals surface area contributed by atoms with E-state index in [0.717, 1.165) is 0 Å². The first kappa shape index (κ1) is 12.8. The largest absolute Gasteiger partial charge is 0.479 e. The van der Waals surface area contributed by atoms with Crippen molar-refractivity contribution >= 4 is 17.5 Å². The molecule has 17 heavy (non-hydrogen) atoms. The Balaban J connectivity index is 2.58. The van der Waals surface area contributed by atoms with E-state index in [2.05, 4.69) is 10.3 Å². The lowest BCUT2D eigenvalue weighted by atomic mass is 10.3. The normalized spacial score (nSPS) is 11.8. The Labute approximate surface area is 96.4 Å². The number of hydrogen-bond acceptors (Lipinski definition) is 6. The lowest BCUT2D eigenvalue weighted by Crippen LogP contribution is -2.30. The molecule has 0 fully saturated rings. The van der Waals surface area contributed by atoms with Gasteiger partial charge >= 0.3 is 11.8 Å². The van der Waals surface area contributed by atoms with E-state index in [1.54, 1.807) is 0 Å². The number of ether oxygens (including phenoxy) is 1. The van der Waals surface area contributed by atoms with Crippen LogP contribution in [0.2, 0.25) is 0 Å². The molecule has 1 unspecified atom stereocenters. The molecular formula is C9H11N3O5. The van der Waals surface area contributed by atoms with E-state index in [1.807, 2.05) is 0 Å². The highest BCUT2D eigenvalue weighted by Crippen LogP contribution is 2.11. The number of anilines is 1. The van der Waals surface area contributed by atoms with Crippen LogP contribution in [0.5, 0.6) is 0 Å². The first-order chi connectivity index (χ1) is 8.04. The number of carboxylic acids is 1. The Kier molecular flexibility index (Phi) is 4.35. The van der Waals surface area contributed by atoms with Crippen LogP contribution in [0.25, 0.3) is 0 Å². The van der Waals surface area contributed by atoms with Crippen molar-refractivity contribution in [2.75, 3.05) is 19.0 Å². The molecule has 1 aromatic rings. The highest BCUT2D eigenvalue weighted by Gasteiger charge is 2.16. The fraction of sp³-hybridized carbons (Fsp3) is 0.333. The van der Waals surface area contributed by atoms with E-state index >= 15 is 0 Å². The number of aliphatic carboxylic acids is 1. The Morgan fingerprint density at radius 3 is 2.82 bits per heavy atom. The monoisotopic (exact) mass is 241 g/mol. The van der Waals surface area contributed by atoms with Gasteiger partial charge in [0.05, 0.1) is 12.2 Å². The van der Waals surface area contributed by atoms with Gasteiger partial charge in [-0.15, -0.1) is 0 Å². The molecule has 0 aliphatic rings. The average Bonchev–Trinajstić information content (AvgIpc) is 2.30. The molecule has 0 bridgehead atoms. The molecule has 0 aliphatic heterocycles. The SMILES string of the molecule is COC(CNc1ccc([N+](=O)[O-])nc1)C(=O)O. The first-order valence-electron chi connectivity index (χ1n) is 4.64. The molecule has 2 N–H and O–H groups in total.